The second kappa shape index (κ2) is 6.35. The van der Waals surface area contributed by atoms with Gasteiger partial charge >= 0.3 is 0 Å². The number of nitrogens with one attached hydrogen (secondary N) is 2. The summed E-state index contributed by atoms with van der Waals surface area (Å²) < 4.78 is 27.6. The Hall–Kier alpha value is -0.430. The van der Waals surface area contributed by atoms with Gasteiger partial charge in [0.25, 0.3) is 0 Å². The zero-order valence-electron chi connectivity index (χ0n) is 11.5. The van der Waals surface area contributed by atoms with E-state index in [0.29, 0.717) is 16.7 Å². The van der Waals surface area contributed by atoms with Gasteiger partial charge in [0.2, 0.25) is 10.0 Å². The molecule has 1 aromatic rings. The van der Waals surface area contributed by atoms with Crippen molar-refractivity contribution >= 4 is 21.4 Å². The zero-order valence-corrected chi connectivity index (χ0v) is 13.2. The van der Waals surface area contributed by atoms with E-state index in [1.165, 1.54) is 24.2 Å². The lowest BCUT2D eigenvalue weighted by Gasteiger charge is -2.22. The van der Waals surface area contributed by atoms with Gasteiger partial charge < -0.3 is 5.32 Å². The Balaban J connectivity index is 1.89. The second-order valence-corrected chi connectivity index (χ2v) is 8.44. The van der Waals surface area contributed by atoms with Crippen LogP contribution in [0, 0.1) is 19.8 Å². The third-order valence-corrected chi connectivity index (χ3v) is 6.73. The largest absolute Gasteiger partial charge is 0.316 e. The summed E-state index contributed by atoms with van der Waals surface area (Å²) >= 11 is 1.34. The first-order valence-corrected chi connectivity index (χ1v) is 9.06. The number of aryl methyl sites for hydroxylation is 2. The highest BCUT2D eigenvalue weighted by Crippen LogP contribution is 2.25. The van der Waals surface area contributed by atoms with Crippen LogP contribution in [-0.4, -0.2) is 28.1 Å². The molecule has 0 aromatic carbocycles. The van der Waals surface area contributed by atoms with Gasteiger partial charge in [-0.2, -0.15) is 0 Å². The number of hydrogen-bond acceptors (Lipinski definition) is 4. The summed E-state index contributed by atoms with van der Waals surface area (Å²) in [6, 6.07) is 1.92. The smallest absolute Gasteiger partial charge is 0.250 e. The fraction of sp³-hybridized carbons (Fsp3) is 0.692. The molecular weight excluding hydrogens is 280 g/mol. The van der Waals surface area contributed by atoms with Crippen molar-refractivity contribution in [1.29, 1.82) is 0 Å². The van der Waals surface area contributed by atoms with Gasteiger partial charge in [0, 0.05) is 11.4 Å². The molecule has 1 saturated heterocycles. The van der Waals surface area contributed by atoms with E-state index >= 15 is 0 Å². The van der Waals surface area contributed by atoms with Crippen molar-refractivity contribution in [3.05, 3.63) is 16.5 Å². The first-order chi connectivity index (χ1) is 8.99. The van der Waals surface area contributed by atoms with Gasteiger partial charge in [-0.3, -0.25) is 0 Å². The molecule has 1 aromatic heterocycles. The molecule has 1 aliphatic rings. The van der Waals surface area contributed by atoms with E-state index in [0.717, 1.165) is 30.0 Å². The maximum absolute atomic E-state index is 12.2. The van der Waals surface area contributed by atoms with Crippen LogP contribution in [-0.2, 0) is 10.0 Å². The van der Waals surface area contributed by atoms with Gasteiger partial charge in [0.15, 0.2) is 0 Å². The van der Waals surface area contributed by atoms with Crippen LogP contribution in [0.5, 0.6) is 0 Å². The van der Waals surface area contributed by atoms with Crippen molar-refractivity contribution in [3.8, 4) is 0 Å². The van der Waals surface area contributed by atoms with E-state index in [-0.39, 0.29) is 0 Å². The first kappa shape index (κ1) is 15.0. The SMILES string of the molecule is Cc1cc(C)c(S(=O)(=O)NCCC2CCCNC2)s1. The van der Waals surface area contributed by atoms with Crippen LogP contribution in [0.15, 0.2) is 10.3 Å². The van der Waals surface area contributed by atoms with E-state index in [4.69, 9.17) is 0 Å². The zero-order chi connectivity index (χ0) is 13.9. The molecule has 1 atom stereocenters. The Morgan fingerprint density at radius 3 is 2.84 bits per heavy atom. The minimum atomic E-state index is -3.32. The normalized spacial score (nSPS) is 20.6. The Labute approximate surface area is 119 Å². The molecule has 1 unspecified atom stereocenters. The van der Waals surface area contributed by atoms with E-state index in [9.17, 15) is 8.42 Å². The summed E-state index contributed by atoms with van der Waals surface area (Å²) in [6.07, 6.45) is 3.31. The molecule has 4 nitrogen and oxygen atoms in total. The fourth-order valence-electron chi connectivity index (χ4n) is 2.52. The van der Waals surface area contributed by atoms with Crippen molar-refractivity contribution in [3.63, 3.8) is 0 Å². The minimum Gasteiger partial charge on any atom is -0.316 e. The lowest BCUT2D eigenvalue weighted by Crippen LogP contribution is -2.33. The number of sulfonamides is 1. The highest BCUT2D eigenvalue weighted by molar-refractivity contribution is 7.91. The van der Waals surface area contributed by atoms with E-state index < -0.39 is 10.0 Å². The summed E-state index contributed by atoms with van der Waals surface area (Å²) in [6.45, 7) is 6.42. The van der Waals surface area contributed by atoms with Crippen molar-refractivity contribution in [2.75, 3.05) is 19.6 Å². The van der Waals surface area contributed by atoms with Gasteiger partial charge in [0.05, 0.1) is 0 Å². The van der Waals surface area contributed by atoms with Crippen LogP contribution in [0.2, 0.25) is 0 Å². The number of piperidine rings is 1. The highest BCUT2D eigenvalue weighted by Gasteiger charge is 2.20. The first-order valence-electron chi connectivity index (χ1n) is 6.76. The molecule has 1 fully saturated rings. The topological polar surface area (TPSA) is 58.2 Å². The van der Waals surface area contributed by atoms with Gasteiger partial charge in [-0.05, 0) is 63.7 Å². The van der Waals surface area contributed by atoms with Crippen molar-refractivity contribution in [2.45, 2.75) is 37.3 Å². The predicted octanol–water partition coefficient (Wildman–Crippen LogP) is 2.03. The predicted molar refractivity (Wildman–Crippen MR) is 79.2 cm³/mol. The summed E-state index contributed by atoms with van der Waals surface area (Å²) in [5, 5.41) is 3.35. The maximum Gasteiger partial charge on any atom is 0.250 e. The molecule has 0 amide bonds. The molecule has 2 N–H and O–H groups in total. The van der Waals surface area contributed by atoms with Gasteiger partial charge in [-0.15, -0.1) is 11.3 Å². The quantitative estimate of drug-likeness (QED) is 0.875. The molecule has 2 heterocycles. The van der Waals surface area contributed by atoms with Crippen LogP contribution < -0.4 is 10.0 Å². The Kier molecular flexibility index (Phi) is 5.00. The summed E-state index contributed by atoms with van der Waals surface area (Å²) in [7, 11) is -3.32. The maximum atomic E-state index is 12.2. The molecule has 0 spiro atoms. The summed E-state index contributed by atoms with van der Waals surface area (Å²) in [4.78, 5) is 1.04. The molecular formula is C13H22N2O2S2. The number of thiophene rings is 1. The Morgan fingerprint density at radius 1 is 1.47 bits per heavy atom. The van der Waals surface area contributed by atoms with E-state index in [1.807, 2.05) is 19.9 Å². The lowest BCUT2D eigenvalue weighted by atomic mass is 9.96. The molecule has 2 rings (SSSR count). The standard InChI is InChI=1S/C13H22N2O2S2/c1-10-8-11(2)18-13(10)19(16,17)15-7-5-12-4-3-6-14-9-12/h8,12,14-15H,3-7,9H2,1-2H3. The summed E-state index contributed by atoms with van der Waals surface area (Å²) in [5.41, 5.74) is 0.842. The van der Waals surface area contributed by atoms with Crippen LogP contribution in [0.25, 0.3) is 0 Å². The molecule has 19 heavy (non-hydrogen) atoms. The molecule has 108 valence electrons. The van der Waals surface area contributed by atoms with E-state index in [1.54, 1.807) is 0 Å². The third-order valence-electron chi connectivity index (χ3n) is 3.48. The monoisotopic (exact) mass is 302 g/mol. The Morgan fingerprint density at radius 2 is 2.26 bits per heavy atom. The van der Waals surface area contributed by atoms with Crippen LogP contribution in [0.1, 0.15) is 29.7 Å². The molecule has 0 radical (unpaired) electrons. The van der Waals surface area contributed by atoms with Gasteiger partial charge in [0.1, 0.15) is 4.21 Å². The minimum absolute atomic E-state index is 0.465. The van der Waals surface area contributed by atoms with E-state index in [2.05, 4.69) is 10.0 Å². The van der Waals surface area contributed by atoms with Crippen molar-refractivity contribution in [1.82, 2.24) is 10.0 Å². The van der Waals surface area contributed by atoms with Crippen LogP contribution in [0.3, 0.4) is 0 Å². The lowest BCUT2D eigenvalue weighted by molar-refractivity contribution is 0.358. The van der Waals surface area contributed by atoms with Crippen molar-refractivity contribution < 1.29 is 8.42 Å². The average Bonchev–Trinajstić information content (AvgIpc) is 2.70. The van der Waals surface area contributed by atoms with Gasteiger partial charge in [-0.1, -0.05) is 0 Å². The number of hydrogen-bond donors (Lipinski definition) is 2. The number of rotatable bonds is 5. The summed E-state index contributed by atoms with van der Waals surface area (Å²) in [5.74, 6) is 0.600. The average molecular weight is 302 g/mol. The second-order valence-electron chi connectivity index (χ2n) is 5.23. The Bertz CT molecular complexity index is 517. The third kappa shape index (κ3) is 4.02. The molecule has 0 bridgehead atoms. The molecule has 0 aliphatic carbocycles. The molecule has 1 aliphatic heterocycles. The molecule has 0 saturated carbocycles. The fourth-order valence-corrected chi connectivity index (χ4v) is 5.28. The van der Waals surface area contributed by atoms with Crippen molar-refractivity contribution in [2.24, 2.45) is 5.92 Å². The highest BCUT2D eigenvalue weighted by atomic mass is 32.2. The van der Waals surface area contributed by atoms with Gasteiger partial charge in [-0.25, -0.2) is 13.1 Å². The molecule has 6 heteroatoms. The van der Waals surface area contributed by atoms with Crippen LogP contribution >= 0.6 is 11.3 Å². The van der Waals surface area contributed by atoms with Crippen LogP contribution in [0.4, 0.5) is 0 Å².